The first-order chi connectivity index (χ1) is 26.0. The zero-order chi connectivity index (χ0) is 39.7. The first kappa shape index (κ1) is 41.8. The molecule has 56 heavy (non-hydrogen) atoms. The summed E-state index contributed by atoms with van der Waals surface area (Å²) in [7, 11) is -5.00. The van der Waals surface area contributed by atoms with E-state index in [-0.39, 0.29) is 42.5 Å². The zero-order valence-corrected chi connectivity index (χ0v) is 36.5. The standard InChI is InChI=1S/C50H57O4P.Li/c1-27(2)35-23-39(29(5)6)45(40(24-35)30(7)8)43-21-33-17-13-15-19-37(33)47-48-38-20-16-14-18-34(38)22-44(50(48)54-55(51,52)53-49(43)47)46-41(31(9)10)25-36(28(3)4)26-42(46)32(11)12;/h13-32H,1-12H3,(H,51,52);/q;+1/p-1. The summed E-state index contributed by atoms with van der Waals surface area (Å²) >= 11 is 0. The fourth-order valence-electron chi connectivity index (χ4n) is 8.49. The molecule has 1 heterocycles. The summed E-state index contributed by atoms with van der Waals surface area (Å²) in [6.45, 7) is 26.6. The van der Waals surface area contributed by atoms with E-state index < -0.39 is 7.82 Å². The molecule has 1 aliphatic heterocycles. The van der Waals surface area contributed by atoms with Gasteiger partial charge in [0.25, 0.3) is 0 Å². The maximum atomic E-state index is 14.6. The molecule has 0 aliphatic carbocycles. The molecule has 0 amide bonds. The maximum absolute atomic E-state index is 14.6. The van der Waals surface area contributed by atoms with Gasteiger partial charge in [0.15, 0.2) is 0 Å². The fourth-order valence-corrected chi connectivity index (χ4v) is 9.35. The monoisotopic (exact) mass is 758 g/mol. The predicted molar refractivity (Wildman–Crippen MR) is 231 cm³/mol. The molecule has 0 saturated heterocycles. The van der Waals surface area contributed by atoms with Crippen LogP contribution in [-0.2, 0) is 4.57 Å². The van der Waals surface area contributed by atoms with Crippen LogP contribution in [0.25, 0.3) is 54.9 Å². The van der Waals surface area contributed by atoms with Crippen molar-refractivity contribution in [1.29, 1.82) is 0 Å². The van der Waals surface area contributed by atoms with Crippen molar-refractivity contribution >= 4 is 29.4 Å². The van der Waals surface area contributed by atoms with Crippen LogP contribution in [0.4, 0.5) is 0 Å². The van der Waals surface area contributed by atoms with Gasteiger partial charge in [-0.2, -0.15) is 0 Å². The van der Waals surface area contributed by atoms with E-state index >= 15 is 0 Å². The number of phosphoric ester groups is 1. The van der Waals surface area contributed by atoms with Crippen LogP contribution in [0.2, 0.25) is 0 Å². The summed E-state index contributed by atoms with van der Waals surface area (Å²) in [5.74, 6) is 2.01. The molecule has 0 fully saturated rings. The van der Waals surface area contributed by atoms with Gasteiger partial charge in [-0.3, -0.25) is 0 Å². The third-order valence-corrected chi connectivity index (χ3v) is 12.3. The minimum atomic E-state index is -5.00. The van der Waals surface area contributed by atoms with Crippen LogP contribution in [0.15, 0.2) is 84.9 Å². The average Bonchev–Trinajstić information content (AvgIpc) is 3.26. The fraction of sp³-hybridized carbons (Fsp3) is 0.360. The van der Waals surface area contributed by atoms with Crippen LogP contribution in [-0.4, -0.2) is 0 Å². The molecule has 4 nitrogen and oxygen atoms in total. The molecule has 6 aromatic carbocycles. The second kappa shape index (κ2) is 15.9. The van der Waals surface area contributed by atoms with Crippen molar-refractivity contribution in [3.63, 3.8) is 0 Å². The minimum Gasteiger partial charge on any atom is -0.736 e. The third-order valence-electron chi connectivity index (χ3n) is 11.5. The van der Waals surface area contributed by atoms with Gasteiger partial charge < -0.3 is 13.9 Å². The Morgan fingerprint density at radius 1 is 0.446 bits per heavy atom. The normalized spacial score (nSPS) is 13.7. The van der Waals surface area contributed by atoms with Gasteiger partial charge >= 0.3 is 26.7 Å². The van der Waals surface area contributed by atoms with E-state index in [0.29, 0.717) is 23.3 Å². The van der Waals surface area contributed by atoms with E-state index in [1.807, 2.05) is 12.1 Å². The number of rotatable bonds is 8. The SMILES string of the molecule is CC(C)c1cc(C(C)C)c(-c2cc3ccccc3c3c2OP(=O)([O-])Oc2c(-c4c(C(C)C)cc(C(C)C)cc4C(C)C)cc4ccccc4c2-3)c(C(C)C)c1.[Li+]. The molecule has 0 radical (unpaired) electrons. The maximum Gasteiger partial charge on any atom is 1.00 e. The number of hydrogen-bond acceptors (Lipinski definition) is 4. The Kier molecular flexibility index (Phi) is 11.9. The van der Waals surface area contributed by atoms with Gasteiger partial charge in [0, 0.05) is 22.3 Å². The molecule has 0 unspecified atom stereocenters. The largest absolute Gasteiger partial charge is 1.00 e. The number of phosphoric acid groups is 1. The summed E-state index contributed by atoms with van der Waals surface area (Å²) in [5.41, 5.74) is 12.3. The quantitative estimate of drug-likeness (QED) is 0.115. The molecular weight excluding hydrogens is 702 g/mol. The van der Waals surface area contributed by atoms with E-state index in [1.54, 1.807) is 0 Å². The van der Waals surface area contributed by atoms with Crippen molar-refractivity contribution in [3.8, 4) is 44.9 Å². The molecule has 6 aromatic rings. The Labute approximate surface area is 346 Å². The van der Waals surface area contributed by atoms with E-state index in [9.17, 15) is 9.46 Å². The molecule has 0 bridgehead atoms. The molecule has 6 heteroatoms. The van der Waals surface area contributed by atoms with Crippen molar-refractivity contribution in [2.45, 2.75) is 119 Å². The molecule has 0 N–H and O–H groups in total. The van der Waals surface area contributed by atoms with Gasteiger partial charge in [0.2, 0.25) is 0 Å². The summed E-state index contributed by atoms with van der Waals surface area (Å²) in [5, 5.41) is 3.84. The van der Waals surface area contributed by atoms with E-state index in [2.05, 4.69) is 156 Å². The first-order valence-electron chi connectivity index (χ1n) is 20.2. The van der Waals surface area contributed by atoms with Gasteiger partial charge in [-0.15, -0.1) is 0 Å². The van der Waals surface area contributed by atoms with Crippen molar-refractivity contribution in [1.82, 2.24) is 0 Å². The van der Waals surface area contributed by atoms with E-state index in [1.165, 1.54) is 33.4 Å². The first-order valence-corrected chi connectivity index (χ1v) is 21.6. The Morgan fingerprint density at radius 2 is 0.750 bits per heavy atom. The van der Waals surface area contributed by atoms with E-state index in [0.717, 1.165) is 54.9 Å². The molecule has 0 aromatic heterocycles. The van der Waals surface area contributed by atoms with Gasteiger partial charge in [-0.1, -0.05) is 156 Å². The minimum absolute atomic E-state index is 0. The van der Waals surface area contributed by atoms with E-state index in [4.69, 9.17) is 9.05 Å². The summed E-state index contributed by atoms with van der Waals surface area (Å²) in [4.78, 5) is 14.6. The molecular formula is C50H56LiO4P. The molecule has 0 saturated carbocycles. The van der Waals surface area contributed by atoms with Crippen molar-refractivity contribution in [3.05, 3.63) is 118 Å². The Bertz CT molecular complexity index is 2280. The van der Waals surface area contributed by atoms with Crippen molar-refractivity contribution in [2.24, 2.45) is 0 Å². The predicted octanol–water partition coefficient (Wildman–Crippen LogP) is 12.0. The van der Waals surface area contributed by atoms with Crippen LogP contribution >= 0.6 is 7.82 Å². The third kappa shape index (κ3) is 7.40. The Hall–Kier alpha value is -3.77. The van der Waals surface area contributed by atoms with Gasteiger partial charge in [-0.05, 0) is 114 Å². The molecule has 0 spiro atoms. The molecule has 1 aliphatic rings. The Balaban J connectivity index is 0.00000532. The smallest absolute Gasteiger partial charge is 0.736 e. The summed E-state index contributed by atoms with van der Waals surface area (Å²) in [6.07, 6.45) is 0. The van der Waals surface area contributed by atoms with Crippen molar-refractivity contribution < 1.29 is 37.4 Å². The topological polar surface area (TPSA) is 58.6 Å². The molecule has 7 rings (SSSR count). The number of benzene rings is 6. The van der Waals surface area contributed by atoms with Crippen LogP contribution in [0, 0.1) is 0 Å². The van der Waals surface area contributed by atoms with Crippen LogP contribution < -0.4 is 32.8 Å². The molecule has 286 valence electrons. The van der Waals surface area contributed by atoms with Gasteiger partial charge in [-0.25, -0.2) is 4.57 Å². The Morgan fingerprint density at radius 3 is 1.04 bits per heavy atom. The summed E-state index contributed by atoms with van der Waals surface area (Å²) in [6, 6.07) is 30.1. The summed E-state index contributed by atoms with van der Waals surface area (Å²) < 4.78 is 27.4. The van der Waals surface area contributed by atoms with Crippen molar-refractivity contribution in [2.75, 3.05) is 0 Å². The van der Waals surface area contributed by atoms with Crippen LogP contribution in [0.3, 0.4) is 0 Å². The van der Waals surface area contributed by atoms with Gasteiger partial charge in [0.05, 0.1) is 0 Å². The average molecular weight is 759 g/mol. The zero-order valence-electron chi connectivity index (χ0n) is 35.6. The van der Waals surface area contributed by atoms with Crippen LogP contribution in [0.5, 0.6) is 11.5 Å². The number of hydrogen-bond donors (Lipinski definition) is 0. The molecule has 0 atom stereocenters. The second-order valence-corrected chi connectivity index (χ2v) is 18.7. The second-order valence-electron chi connectivity index (χ2n) is 17.4. The van der Waals surface area contributed by atoms with Gasteiger partial charge in [0.1, 0.15) is 11.5 Å². The number of fused-ring (bicyclic) bond motifs is 7. The van der Waals surface area contributed by atoms with Crippen LogP contribution in [0.1, 0.15) is 152 Å².